The second-order valence-electron chi connectivity index (χ2n) is 7.07. The minimum Gasteiger partial charge on any atom is -0.460 e. The molecule has 2 aliphatic rings. The van der Waals surface area contributed by atoms with Gasteiger partial charge in [0.25, 0.3) is 0 Å². The lowest BCUT2D eigenvalue weighted by Gasteiger charge is -2.19. The maximum Gasteiger partial charge on any atom is 0.307 e. The normalized spacial score (nSPS) is 22.3. The first kappa shape index (κ1) is 18.4. The number of hydrogen-bond donors (Lipinski definition) is 0. The zero-order chi connectivity index (χ0) is 19.0. The van der Waals surface area contributed by atoms with Gasteiger partial charge in [-0.1, -0.05) is 42.6 Å². The number of likely N-dealkylation sites (tertiary alicyclic amines) is 1. The average molecular weight is 406 g/mol. The SMILES string of the molecule is O=C(CCN1C(=O)[C@H]2CCCC[C@H]2C1=O)OCc1sc2ccccc2c1Cl. The smallest absolute Gasteiger partial charge is 0.307 e. The first-order valence-corrected chi connectivity index (χ1v) is 10.4. The zero-order valence-corrected chi connectivity index (χ0v) is 16.4. The van der Waals surface area contributed by atoms with E-state index in [4.69, 9.17) is 16.3 Å². The van der Waals surface area contributed by atoms with E-state index in [0.717, 1.165) is 40.6 Å². The van der Waals surface area contributed by atoms with Gasteiger partial charge in [0.15, 0.2) is 0 Å². The molecule has 1 aromatic heterocycles. The summed E-state index contributed by atoms with van der Waals surface area (Å²) in [6, 6.07) is 7.76. The molecule has 142 valence electrons. The predicted octanol–water partition coefficient (Wildman–Crippen LogP) is 4.16. The molecule has 5 nitrogen and oxygen atoms in total. The second kappa shape index (κ2) is 7.60. The quantitative estimate of drug-likeness (QED) is 0.553. The Balaban J connectivity index is 1.32. The Bertz CT molecular complexity index is 885. The molecule has 2 aromatic rings. The van der Waals surface area contributed by atoms with Crippen LogP contribution in [-0.4, -0.2) is 29.2 Å². The molecule has 0 spiro atoms. The van der Waals surface area contributed by atoms with Crippen LogP contribution in [-0.2, 0) is 25.7 Å². The molecule has 27 heavy (non-hydrogen) atoms. The number of esters is 1. The summed E-state index contributed by atoms with van der Waals surface area (Å²) in [7, 11) is 0. The van der Waals surface area contributed by atoms with Gasteiger partial charge in [0.2, 0.25) is 11.8 Å². The molecule has 2 fully saturated rings. The molecule has 1 saturated heterocycles. The van der Waals surface area contributed by atoms with E-state index < -0.39 is 5.97 Å². The van der Waals surface area contributed by atoms with Crippen molar-refractivity contribution in [3.05, 3.63) is 34.2 Å². The van der Waals surface area contributed by atoms with Crippen LogP contribution < -0.4 is 0 Å². The Kier molecular flexibility index (Phi) is 5.19. The summed E-state index contributed by atoms with van der Waals surface area (Å²) in [6.07, 6.45) is 3.55. The standard InChI is InChI=1S/C20H20ClNO4S/c21-18-14-7-3-4-8-15(14)27-16(18)11-26-17(23)9-10-22-19(24)12-5-1-2-6-13(12)20(22)25/h3-4,7-8,12-13H,1-2,5-6,9-11H2/t12-,13+. The second-order valence-corrected chi connectivity index (χ2v) is 8.59. The predicted molar refractivity (Wildman–Crippen MR) is 103 cm³/mol. The molecular weight excluding hydrogens is 386 g/mol. The van der Waals surface area contributed by atoms with Crippen LogP contribution in [0.3, 0.4) is 0 Å². The van der Waals surface area contributed by atoms with Crippen LogP contribution in [0.25, 0.3) is 10.1 Å². The summed E-state index contributed by atoms with van der Waals surface area (Å²) in [5, 5.41) is 1.56. The van der Waals surface area contributed by atoms with Crippen molar-refractivity contribution in [2.45, 2.75) is 38.7 Å². The molecule has 2 atom stereocenters. The Morgan fingerprint density at radius 3 is 2.48 bits per heavy atom. The first-order valence-electron chi connectivity index (χ1n) is 9.23. The number of fused-ring (bicyclic) bond motifs is 2. The summed E-state index contributed by atoms with van der Waals surface area (Å²) in [4.78, 5) is 39.0. The van der Waals surface area contributed by atoms with Crippen molar-refractivity contribution < 1.29 is 19.1 Å². The topological polar surface area (TPSA) is 63.7 Å². The van der Waals surface area contributed by atoms with Crippen LogP contribution in [0.5, 0.6) is 0 Å². The lowest BCUT2D eigenvalue weighted by atomic mass is 9.81. The maximum atomic E-state index is 12.4. The third kappa shape index (κ3) is 3.48. The Morgan fingerprint density at radius 1 is 1.15 bits per heavy atom. The molecule has 2 amide bonds. The van der Waals surface area contributed by atoms with Gasteiger partial charge in [-0.25, -0.2) is 0 Å². The number of ether oxygens (including phenoxy) is 1. The van der Waals surface area contributed by atoms with E-state index in [0.29, 0.717) is 5.02 Å². The Morgan fingerprint density at radius 2 is 1.81 bits per heavy atom. The number of carbonyl (C=O) groups excluding carboxylic acids is 3. The number of rotatable bonds is 5. The van der Waals surface area contributed by atoms with E-state index in [1.807, 2.05) is 24.3 Å². The fraction of sp³-hybridized carbons (Fsp3) is 0.450. The minimum absolute atomic E-state index is 0.0133. The summed E-state index contributed by atoms with van der Waals surface area (Å²) < 4.78 is 6.37. The van der Waals surface area contributed by atoms with Crippen LogP contribution >= 0.6 is 22.9 Å². The van der Waals surface area contributed by atoms with Crippen molar-refractivity contribution in [2.75, 3.05) is 6.54 Å². The van der Waals surface area contributed by atoms with Crippen LogP contribution in [0.1, 0.15) is 37.0 Å². The summed E-state index contributed by atoms with van der Waals surface area (Å²) >= 11 is 7.85. The van der Waals surface area contributed by atoms with Crippen LogP contribution in [0.4, 0.5) is 0 Å². The van der Waals surface area contributed by atoms with E-state index in [1.165, 1.54) is 16.2 Å². The highest BCUT2D eigenvalue weighted by molar-refractivity contribution is 7.19. The van der Waals surface area contributed by atoms with E-state index in [9.17, 15) is 14.4 Å². The van der Waals surface area contributed by atoms with Crippen LogP contribution in [0.2, 0.25) is 5.02 Å². The minimum atomic E-state index is -0.431. The fourth-order valence-corrected chi connectivity index (χ4v) is 5.43. The third-order valence-electron chi connectivity index (χ3n) is 5.44. The number of amides is 2. The van der Waals surface area contributed by atoms with Crippen molar-refractivity contribution in [3.8, 4) is 0 Å². The number of carbonyl (C=O) groups is 3. The maximum absolute atomic E-state index is 12.4. The monoisotopic (exact) mass is 405 g/mol. The van der Waals surface area contributed by atoms with E-state index in [-0.39, 0.29) is 43.2 Å². The van der Waals surface area contributed by atoms with E-state index >= 15 is 0 Å². The lowest BCUT2D eigenvalue weighted by Crippen LogP contribution is -2.33. The van der Waals surface area contributed by atoms with Gasteiger partial charge in [-0.3, -0.25) is 19.3 Å². The molecule has 0 unspecified atom stereocenters. The highest BCUT2D eigenvalue weighted by Crippen LogP contribution is 2.38. The molecule has 0 radical (unpaired) electrons. The molecule has 0 N–H and O–H groups in total. The number of thiophene rings is 1. The number of benzene rings is 1. The zero-order valence-electron chi connectivity index (χ0n) is 14.8. The average Bonchev–Trinajstić information content (AvgIpc) is 3.14. The number of halogens is 1. The van der Waals surface area contributed by atoms with E-state index in [1.54, 1.807) is 0 Å². The van der Waals surface area contributed by atoms with Crippen molar-refractivity contribution >= 4 is 50.8 Å². The molecular formula is C20H20ClNO4S. The Labute approximate surface area is 166 Å². The summed E-state index contributed by atoms with van der Waals surface area (Å²) in [6.45, 7) is 0.202. The highest BCUT2D eigenvalue weighted by Gasteiger charge is 2.47. The first-order chi connectivity index (χ1) is 13.1. The van der Waals surface area contributed by atoms with Gasteiger partial charge in [0, 0.05) is 16.6 Å². The van der Waals surface area contributed by atoms with Crippen LogP contribution in [0, 0.1) is 11.8 Å². The van der Waals surface area contributed by atoms with E-state index in [2.05, 4.69) is 0 Å². The molecule has 0 bridgehead atoms. The van der Waals surface area contributed by atoms with Gasteiger partial charge < -0.3 is 4.74 Å². The van der Waals surface area contributed by atoms with Crippen molar-refractivity contribution in [3.63, 3.8) is 0 Å². The van der Waals surface area contributed by atoms with Crippen LogP contribution in [0.15, 0.2) is 24.3 Å². The molecule has 7 heteroatoms. The highest BCUT2D eigenvalue weighted by atomic mass is 35.5. The molecule has 1 aromatic carbocycles. The number of hydrogen-bond acceptors (Lipinski definition) is 5. The number of nitrogens with zero attached hydrogens (tertiary/aromatic N) is 1. The van der Waals surface area contributed by atoms with Crippen molar-refractivity contribution in [2.24, 2.45) is 11.8 Å². The van der Waals surface area contributed by atoms with Gasteiger partial charge >= 0.3 is 5.97 Å². The van der Waals surface area contributed by atoms with Gasteiger partial charge in [0.05, 0.1) is 28.2 Å². The lowest BCUT2D eigenvalue weighted by molar-refractivity contribution is -0.146. The molecule has 1 aliphatic heterocycles. The molecule has 4 rings (SSSR count). The summed E-state index contributed by atoms with van der Waals surface area (Å²) in [5.41, 5.74) is 0. The van der Waals surface area contributed by atoms with Crippen molar-refractivity contribution in [1.29, 1.82) is 0 Å². The third-order valence-corrected chi connectivity index (χ3v) is 7.13. The Hall–Kier alpha value is -1.92. The van der Waals surface area contributed by atoms with Gasteiger partial charge in [-0.2, -0.15) is 0 Å². The molecule has 2 heterocycles. The molecule has 1 aliphatic carbocycles. The molecule has 1 saturated carbocycles. The fourth-order valence-electron chi connectivity index (χ4n) is 4.03. The number of imide groups is 1. The largest absolute Gasteiger partial charge is 0.460 e. The van der Waals surface area contributed by atoms with Gasteiger partial charge in [0.1, 0.15) is 6.61 Å². The van der Waals surface area contributed by atoms with Gasteiger partial charge in [-0.05, 0) is 18.9 Å². The summed E-state index contributed by atoms with van der Waals surface area (Å²) in [5.74, 6) is -1.03. The van der Waals surface area contributed by atoms with Gasteiger partial charge in [-0.15, -0.1) is 11.3 Å². The van der Waals surface area contributed by atoms with Crippen molar-refractivity contribution in [1.82, 2.24) is 4.90 Å².